The molecule has 0 bridgehead atoms. The molecule has 2 aliphatic carbocycles. The number of hydrogen-bond donors (Lipinski definition) is 3. The number of amides is 4. The van der Waals surface area contributed by atoms with Gasteiger partial charge in [-0.3, -0.25) is 19.1 Å². The number of aromatic nitrogens is 1. The maximum Gasteiger partial charge on any atom is 0.408 e. The number of hydrogen-bond acceptors (Lipinski definition) is 11. The van der Waals surface area contributed by atoms with Crippen molar-refractivity contribution in [3.63, 3.8) is 0 Å². The minimum Gasteiger partial charge on any atom is -0.496 e. The van der Waals surface area contributed by atoms with Gasteiger partial charge in [0.15, 0.2) is 0 Å². The van der Waals surface area contributed by atoms with Gasteiger partial charge in [0.25, 0.3) is 5.91 Å². The molecule has 0 spiro atoms. The van der Waals surface area contributed by atoms with Gasteiger partial charge in [-0.2, -0.15) is 0 Å². The number of aryl methyl sites for hydroxylation is 1. The van der Waals surface area contributed by atoms with Crippen molar-refractivity contribution < 1.29 is 46.5 Å². The van der Waals surface area contributed by atoms with E-state index in [1.54, 1.807) is 33.9 Å². The Morgan fingerprint density at radius 2 is 1.82 bits per heavy atom. The highest BCUT2D eigenvalue weighted by Crippen LogP contribution is 2.46. The van der Waals surface area contributed by atoms with Gasteiger partial charge in [0.05, 0.1) is 30.5 Å². The van der Waals surface area contributed by atoms with E-state index >= 15 is 0 Å². The van der Waals surface area contributed by atoms with Crippen molar-refractivity contribution in [3.05, 3.63) is 35.9 Å². The fraction of sp³-hybridized carbons (Fsp3) is 0.625. The Morgan fingerprint density at radius 3 is 2.50 bits per heavy atom. The van der Waals surface area contributed by atoms with Crippen molar-refractivity contribution in [2.24, 2.45) is 5.92 Å². The molecule has 5 atom stereocenters. The summed E-state index contributed by atoms with van der Waals surface area (Å²) in [5, 5.41) is 5.68. The zero-order valence-electron chi connectivity index (χ0n) is 33.3. The Morgan fingerprint density at radius 1 is 1.07 bits per heavy atom. The third-order valence-corrected chi connectivity index (χ3v) is 12.3. The summed E-state index contributed by atoms with van der Waals surface area (Å²) in [6.45, 7) is 10.8. The first-order valence-electron chi connectivity index (χ1n) is 19.6. The normalized spacial score (nSPS) is 26.5. The van der Waals surface area contributed by atoms with E-state index in [0.717, 1.165) is 18.4 Å². The van der Waals surface area contributed by atoms with Gasteiger partial charge in [-0.25, -0.2) is 18.2 Å². The molecule has 0 radical (unpaired) electrons. The number of rotatable bonds is 9. The molecule has 3 fully saturated rings. The first kappa shape index (κ1) is 41.0. The van der Waals surface area contributed by atoms with Crippen molar-refractivity contribution in [1.82, 2.24) is 25.2 Å². The van der Waals surface area contributed by atoms with Crippen LogP contribution >= 0.6 is 0 Å². The number of sulfonamides is 1. The van der Waals surface area contributed by atoms with Crippen LogP contribution in [0.15, 0.2) is 30.4 Å². The van der Waals surface area contributed by atoms with Gasteiger partial charge < -0.3 is 34.5 Å². The summed E-state index contributed by atoms with van der Waals surface area (Å²) < 4.78 is 51.7. The van der Waals surface area contributed by atoms with Gasteiger partial charge in [-0.1, -0.05) is 25.0 Å². The van der Waals surface area contributed by atoms with Crippen LogP contribution < -0.4 is 29.6 Å². The smallest absolute Gasteiger partial charge is 0.408 e. The standard InChI is InChI=1S/C40H55N5O10S/c1-23(2)53-33-20-32(28-17-18-31(52-7)24(3)34(28)42-33)54-26-19-30-35(46)43-40(37(48)44-56(50,51)27-15-16-27)21-25(40)13-11-9-8-10-12-14-29(36(47)45(30)22-26)41-38(49)55-39(4,5)6/h11,13,17-18,20,23,25-27,29-30H,8-10,12,14-16,19,21-22H2,1-7H3,(H,41,49)(H,43,46)(H,44,48)/b13-11-/t25-,26-,29+,30+,40-/m1/s1. The Balaban J connectivity index is 1.35. The highest BCUT2D eigenvalue weighted by Gasteiger charge is 2.62. The first-order chi connectivity index (χ1) is 26.4. The number of benzene rings is 1. The second kappa shape index (κ2) is 16.1. The van der Waals surface area contributed by atoms with E-state index in [9.17, 15) is 27.6 Å². The molecule has 15 nitrogen and oxygen atoms in total. The van der Waals surface area contributed by atoms with Crippen molar-refractivity contribution in [1.29, 1.82) is 0 Å². The highest BCUT2D eigenvalue weighted by molar-refractivity contribution is 7.91. The maximum absolute atomic E-state index is 14.6. The minimum atomic E-state index is -3.90. The van der Waals surface area contributed by atoms with E-state index in [4.69, 9.17) is 23.9 Å². The Labute approximate surface area is 328 Å². The highest BCUT2D eigenvalue weighted by atomic mass is 32.2. The van der Waals surface area contributed by atoms with Gasteiger partial charge in [0.2, 0.25) is 27.7 Å². The lowest BCUT2D eigenvalue weighted by molar-refractivity contribution is -0.141. The second-order valence-corrected chi connectivity index (χ2v) is 18.6. The molecule has 4 amide bonds. The predicted molar refractivity (Wildman–Crippen MR) is 208 cm³/mol. The van der Waals surface area contributed by atoms with Crippen LogP contribution in [0, 0.1) is 12.8 Å². The van der Waals surface area contributed by atoms with Gasteiger partial charge in [-0.05, 0) is 92.2 Å². The van der Waals surface area contributed by atoms with Crippen LogP contribution in [0.2, 0.25) is 0 Å². The van der Waals surface area contributed by atoms with Gasteiger partial charge in [0, 0.05) is 29.4 Å². The topological polar surface area (TPSA) is 192 Å². The molecule has 56 heavy (non-hydrogen) atoms. The SMILES string of the molecule is COc1ccc2c(O[C@@H]3C[C@H]4C(=O)N[C@]5(C(=O)NS(=O)(=O)C6CC6)C[C@H]5/C=C\CCCCC[C@H](NC(=O)OC(C)(C)C)C(=O)N4C3)cc(OC(C)C)nc2c1C. The molecule has 16 heteroatoms. The van der Waals surface area contributed by atoms with E-state index in [0.29, 0.717) is 60.4 Å². The van der Waals surface area contributed by atoms with E-state index in [-0.39, 0.29) is 25.5 Å². The molecule has 2 aliphatic heterocycles. The molecule has 3 N–H and O–H groups in total. The van der Waals surface area contributed by atoms with Crippen molar-refractivity contribution in [2.45, 2.75) is 140 Å². The summed E-state index contributed by atoms with van der Waals surface area (Å²) in [4.78, 5) is 62.0. The van der Waals surface area contributed by atoms with Crippen LogP contribution in [0.5, 0.6) is 17.4 Å². The predicted octanol–water partition coefficient (Wildman–Crippen LogP) is 4.58. The van der Waals surface area contributed by atoms with Crippen LogP contribution in [-0.4, -0.2) is 96.5 Å². The van der Waals surface area contributed by atoms with E-state index in [2.05, 4.69) is 15.4 Å². The number of carbonyl (C=O) groups excluding carboxylic acids is 4. The van der Waals surface area contributed by atoms with Crippen molar-refractivity contribution in [2.75, 3.05) is 13.7 Å². The average molecular weight is 798 g/mol. The maximum atomic E-state index is 14.6. The zero-order valence-corrected chi connectivity index (χ0v) is 34.1. The molecule has 3 heterocycles. The number of nitrogens with zero attached hydrogens (tertiary/aromatic N) is 2. The fourth-order valence-electron chi connectivity index (χ4n) is 7.45. The number of ether oxygens (including phenoxy) is 4. The summed E-state index contributed by atoms with van der Waals surface area (Å²) in [7, 11) is -2.33. The summed E-state index contributed by atoms with van der Waals surface area (Å²) in [5.41, 5.74) is -0.958. The molecule has 2 saturated carbocycles. The molecule has 0 unspecified atom stereocenters. The van der Waals surface area contributed by atoms with Crippen LogP contribution in [0.25, 0.3) is 10.9 Å². The molecular formula is C40H55N5O10S. The van der Waals surface area contributed by atoms with E-state index in [1.165, 1.54) is 4.90 Å². The van der Waals surface area contributed by atoms with Gasteiger partial charge in [0.1, 0.15) is 40.8 Å². The first-order valence-corrected chi connectivity index (χ1v) is 21.1. The van der Waals surface area contributed by atoms with Crippen LogP contribution in [0.1, 0.15) is 98.0 Å². The number of nitrogens with one attached hydrogen (secondary N) is 3. The third kappa shape index (κ3) is 9.32. The monoisotopic (exact) mass is 797 g/mol. The summed E-state index contributed by atoms with van der Waals surface area (Å²) in [6.07, 6.45) is 6.47. The number of allylic oxidation sites excluding steroid dienone is 1. The zero-order chi connectivity index (χ0) is 40.6. The number of alkyl carbamates (subject to hydrolysis) is 1. The molecular weight excluding hydrogens is 743 g/mol. The largest absolute Gasteiger partial charge is 0.496 e. The van der Waals surface area contributed by atoms with Gasteiger partial charge in [-0.15, -0.1) is 0 Å². The number of carbonyl (C=O) groups is 4. The van der Waals surface area contributed by atoms with Gasteiger partial charge >= 0.3 is 6.09 Å². The van der Waals surface area contributed by atoms with Crippen LogP contribution in [-0.2, 0) is 29.1 Å². The molecule has 1 aromatic carbocycles. The van der Waals surface area contributed by atoms with E-state index in [1.807, 2.05) is 45.1 Å². The van der Waals surface area contributed by atoms with Crippen molar-refractivity contribution in [3.8, 4) is 17.4 Å². The lowest BCUT2D eigenvalue weighted by Gasteiger charge is -2.30. The van der Waals surface area contributed by atoms with Crippen LogP contribution in [0.3, 0.4) is 0 Å². The molecule has 6 rings (SSSR count). The Hall–Kier alpha value is -4.60. The number of fused-ring (bicyclic) bond motifs is 3. The van der Waals surface area contributed by atoms with Crippen molar-refractivity contribution >= 4 is 44.7 Å². The van der Waals surface area contributed by atoms with E-state index < -0.39 is 74.3 Å². The molecule has 4 aliphatic rings. The number of pyridine rings is 1. The molecule has 1 saturated heterocycles. The summed E-state index contributed by atoms with van der Waals surface area (Å²) in [6, 6.07) is 3.18. The molecule has 306 valence electrons. The fourth-order valence-corrected chi connectivity index (χ4v) is 8.82. The lowest BCUT2D eigenvalue weighted by Crippen LogP contribution is -2.58. The second-order valence-electron chi connectivity index (χ2n) is 16.6. The molecule has 1 aromatic heterocycles. The molecule has 2 aromatic rings. The number of methoxy groups -OCH3 is 1. The lowest BCUT2D eigenvalue weighted by atomic mass is 10.0. The third-order valence-electron chi connectivity index (χ3n) is 10.5. The quantitative estimate of drug-likeness (QED) is 0.301. The average Bonchev–Trinajstić information content (AvgIpc) is 4.03. The summed E-state index contributed by atoms with van der Waals surface area (Å²) in [5.74, 6) is -0.982. The summed E-state index contributed by atoms with van der Waals surface area (Å²) >= 11 is 0. The minimum absolute atomic E-state index is 0.0265. The Kier molecular flexibility index (Phi) is 11.8. The van der Waals surface area contributed by atoms with Crippen LogP contribution in [0.4, 0.5) is 4.79 Å². The Bertz CT molecular complexity index is 1990.